The van der Waals surface area contributed by atoms with E-state index in [1.54, 1.807) is 13.0 Å². The largest absolute Gasteiger partial charge is 0.316 e. The molecule has 0 radical (unpaired) electrons. The zero-order valence-electron chi connectivity index (χ0n) is 10.1. The summed E-state index contributed by atoms with van der Waals surface area (Å²) < 4.78 is 13.8. The molecule has 2 rings (SSSR count). The Morgan fingerprint density at radius 2 is 2.00 bits per heavy atom. The summed E-state index contributed by atoms with van der Waals surface area (Å²) in [6, 6.07) is 4.29. The minimum Gasteiger partial charge on any atom is -0.258 e. The molecule has 0 N–H and O–H groups in total. The van der Waals surface area contributed by atoms with E-state index < -0.39 is 10.7 Å². The molecule has 0 bridgehead atoms. The van der Waals surface area contributed by atoms with Gasteiger partial charge in [-0.3, -0.25) is 10.1 Å². The molecule has 1 aromatic heterocycles. The Bertz CT molecular complexity index is 676. The number of benzene rings is 1. The van der Waals surface area contributed by atoms with Gasteiger partial charge in [0.2, 0.25) is 5.28 Å². The van der Waals surface area contributed by atoms with E-state index in [1.807, 2.05) is 0 Å². The Balaban J connectivity index is 2.81. The van der Waals surface area contributed by atoms with Crippen molar-refractivity contribution in [2.45, 2.75) is 13.8 Å². The van der Waals surface area contributed by atoms with Crippen molar-refractivity contribution in [2.75, 3.05) is 0 Å². The van der Waals surface area contributed by atoms with Gasteiger partial charge in [0.1, 0.15) is 11.5 Å². The smallest absolute Gasteiger partial charge is 0.258 e. The van der Waals surface area contributed by atoms with Gasteiger partial charge in [-0.2, -0.15) is 0 Å². The van der Waals surface area contributed by atoms with Gasteiger partial charge in [0.15, 0.2) is 5.69 Å². The standard InChI is InChI=1S/C12H9ClFN3O2/c1-6-3-4-9(14)8(5-6)10-11(17(18)19)7(2)15-12(13)16-10/h3-5H,1-2H3. The predicted molar refractivity (Wildman–Crippen MR) is 68.6 cm³/mol. The molecule has 0 unspecified atom stereocenters. The lowest BCUT2D eigenvalue weighted by Gasteiger charge is -2.07. The van der Waals surface area contributed by atoms with Crippen molar-refractivity contribution >= 4 is 17.3 Å². The van der Waals surface area contributed by atoms with Gasteiger partial charge in [-0.05, 0) is 37.6 Å². The summed E-state index contributed by atoms with van der Waals surface area (Å²) in [5, 5.41) is 10.9. The maximum absolute atomic E-state index is 13.8. The molecule has 1 aromatic carbocycles. The van der Waals surface area contributed by atoms with Crippen molar-refractivity contribution in [3.8, 4) is 11.3 Å². The quantitative estimate of drug-likeness (QED) is 0.480. The van der Waals surface area contributed by atoms with Crippen LogP contribution in [0.25, 0.3) is 11.3 Å². The Hall–Kier alpha value is -2.08. The second-order valence-corrected chi connectivity index (χ2v) is 4.35. The van der Waals surface area contributed by atoms with Gasteiger partial charge >= 0.3 is 5.69 Å². The van der Waals surface area contributed by atoms with E-state index in [4.69, 9.17) is 11.6 Å². The van der Waals surface area contributed by atoms with Crippen molar-refractivity contribution in [2.24, 2.45) is 0 Å². The van der Waals surface area contributed by atoms with Gasteiger partial charge in [-0.15, -0.1) is 0 Å². The molecule has 5 nitrogen and oxygen atoms in total. The highest BCUT2D eigenvalue weighted by atomic mass is 35.5. The minimum absolute atomic E-state index is 0.0408. The molecular formula is C12H9ClFN3O2. The van der Waals surface area contributed by atoms with Crippen LogP contribution in [0.4, 0.5) is 10.1 Å². The van der Waals surface area contributed by atoms with Crippen LogP contribution in [0.3, 0.4) is 0 Å². The first-order chi connectivity index (χ1) is 8.90. The van der Waals surface area contributed by atoms with E-state index in [9.17, 15) is 14.5 Å². The maximum atomic E-state index is 13.8. The average Bonchev–Trinajstić information content (AvgIpc) is 2.30. The lowest BCUT2D eigenvalue weighted by Crippen LogP contribution is -2.02. The van der Waals surface area contributed by atoms with E-state index in [2.05, 4.69) is 9.97 Å². The first-order valence-corrected chi connectivity index (χ1v) is 5.73. The first kappa shape index (κ1) is 13.4. The average molecular weight is 282 g/mol. The molecule has 0 saturated carbocycles. The molecule has 19 heavy (non-hydrogen) atoms. The SMILES string of the molecule is Cc1ccc(F)c(-c2nc(Cl)nc(C)c2[N+](=O)[O-])c1. The lowest BCUT2D eigenvalue weighted by atomic mass is 10.1. The van der Waals surface area contributed by atoms with Crippen LogP contribution < -0.4 is 0 Å². The third-order valence-corrected chi connectivity index (χ3v) is 2.76. The molecule has 0 fully saturated rings. The highest BCUT2D eigenvalue weighted by Crippen LogP contribution is 2.33. The third kappa shape index (κ3) is 2.53. The molecule has 1 heterocycles. The van der Waals surface area contributed by atoms with E-state index >= 15 is 0 Å². The molecule has 0 aliphatic heterocycles. The van der Waals surface area contributed by atoms with Gasteiger partial charge in [-0.1, -0.05) is 11.6 Å². The molecule has 98 valence electrons. The van der Waals surface area contributed by atoms with Crippen LogP contribution in [-0.4, -0.2) is 14.9 Å². The van der Waals surface area contributed by atoms with Crippen LogP contribution in [0.1, 0.15) is 11.3 Å². The van der Waals surface area contributed by atoms with Gasteiger partial charge in [0, 0.05) is 5.56 Å². The summed E-state index contributed by atoms with van der Waals surface area (Å²) in [4.78, 5) is 18.0. The highest BCUT2D eigenvalue weighted by Gasteiger charge is 2.24. The summed E-state index contributed by atoms with van der Waals surface area (Å²) in [5.41, 5.74) is 0.454. The maximum Gasteiger partial charge on any atom is 0.316 e. The number of nitro groups is 1. The normalized spacial score (nSPS) is 10.5. The molecule has 0 saturated heterocycles. The first-order valence-electron chi connectivity index (χ1n) is 5.35. The lowest BCUT2D eigenvalue weighted by molar-refractivity contribution is -0.385. The van der Waals surface area contributed by atoms with Gasteiger partial charge < -0.3 is 0 Å². The summed E-state index contributed by atoms with van der Waals surface area (Å²) in [5.74, 6) is -0.595. The molecule has 0 aliphatic rings. The van der Waals surface area contributed by atoms with Gasteiger partial charge in [0.05, 0.1) is 4.92 Å². The zero-order valence-corrected chi connectivity index (χ0v) is 10.9. The van der Waals surface area contributed by atoms with Crippen molar-refractivity contribution in [3.05, 3.63) is 50.7 Å². The van der Waals surface area contributed by atoms with Crippen molar-refractivity contribution in [3.63, 3.8) is 0 Å². The van der Waals surface area contributed by atoms with Crippen LogP contribution in [0.5, 0.6) is 0 Å². The van der Waals surface area contributed by atoms with Crippen LogP contribution in [-0.2, 0) is 0 Å². The molecular weight excluding hydrogens is 273 g/mol. The van der Waals surface area contributed by atoms with Crippen molar-refractivity contribution in [1.82, 2.24) is 9.97 Å². The number of halogens is 2. The second-order valence-electron chi connectivity index (χ2n) is 4.02. The number of hydrogen-bond acceptors (Lipinski definition) is 4. The van der Waals surface area contributed by atoms with Crippen molar-refractivity contribution in [1.29, 1.82) is 0 Å². The molecule has 0 atom stereocenters. The van der Waals surface area contributed by atoms with Crippen LogP contribution >= 0.6 is 11.6 Å². The van der Waals surface area contributed by atoms with E-state index in [-0.39, 0.29) is 27.9 Å². The Morgan fingerprint density at radius 1 is 1.32 bits per heavy atom. The van der Waals surface area contributed by atoms with E-state index in [0.29, 0.717) is 0 Å². The fourth-order valence-corrected chi connectivity index (χ4v) is 1.97. The molecule has 0 spiro atoms. The molecule has 0 aliphatic carbocycles. The monoisotopic (exact) mass is 281 g/mol. The third-order valence-electron chi connectivity index (χ3n) is 2.59. The van der Waals surface area contributed by atoms with Crippen molar-refractivity contribution < 1.29 is 9.31 Å². The second kappa shape index (κ2) is 4.89. The minimum atomic E-state index is -0.636. The van der Waals surface area contributed by atoms with E-state index in [0.717, 1.165) is 5.56 Å². The topological polar surface area (TPSA) is 68.9 Å². The Kier molecular flexibility index (Phi) is 3.44. The van der Waals surface area contributed by atoms with Crippen LogP contribution in [0.15, 0.2) is 18.2 Å². The molecule has 7 heteroatoms. The fraction of sp³-hybridized carbons (Fsp3) is 0.167. The summed E-state index contributed by atoms with van der Waals surface area (Å²) >= 11 is 5.70. The number of hydrogen-bond donors (Lipinski definition) is 0. The summed E-state index contributed by atoms with van der Waals surface area (Å²) in [6.07, 6.45) is 0. The summed E-state index contributed by atoms with van der Waals surface area (Å²) in [7, 11) is 0. The highest BCUT2D eigenvalue weighted by molar-refractivity contribution is 6.28. The van der Waals surface area contributed by atoms with E-state index in [1.165, 1.54) is 19.1 Å². The molecule has 2 aromatic rings. The number of aromatic nitrogens is 2. The van der Waals surface area contributed by atoms with Crippen LogP contribution in [0.2, 0.25) is 5.28 Å². The number of aryl methyl sites for hydroxylation is 2. The Morgan fingerprint density at radius 3 is 2.63 bits per heavy atom. The zero-order chi connectivity index (χ0) is 14.2. The fourth-order valence-electron chi connectivity index (χ4n) is 1.76. The molecule has 0 amide bonds. The number of rotatable bonds is 2. The van der Waals surface area contributed by atoms with Gasteiger partial charge in [-0.25, -0.2) is 14.4 Å². The Labute approximate surface area is 113 Å². The van der Waals surface area contributed by atoms with Gasteiger partial charge in [0.25, 0.3) is 0 Å². The number of nitrogens with zero attached hydrogens (tertiary/aromatic N) is 3. The predicted octanol–water partition coefficient (Wildman–Crippen LogP) is 3.46. The summed E-state index contributed by atoms with van der Waals surface area (Å²) in [6.45, 7) is 3.19. The van der Waals surface area contributed by atoms with Crippen LogP contribution in [0, 0.1) is 29.8 Å².